The number of rotatable bonds is 9. The smallest absolute Gasteiger partial charge is 0.326 e. The number of methoxy groups -OCH3 is 1. The van der Waals surface area contributed by atoms with Gasteiger partial charge < -0.3 is 29.0 Å². The molecule has 1 N–H and O–H groups in total. The third-order valence-corrected chi connectivity index (χ3v) is 6.99. The summed E-state index contributed by atoms with van der Waals surface area (Å²) >= 11 is 0. The number of amides is 1. The van der Waals surface area contributed by atoms with Crippen LogP contribution in [0.2, 0.25) is 0 Å². The average Bonchev–Trinajstić information content (AvgIpc) is 3.48. The quantitative estimate of drug-likeness (QED) is 0.456. The van der Waals surface area contributed by atoms with E-state index < -0.39 is 18.1 Å². The number of hydrogen-bond donors (Lipinski definition) is 1. The maximum Gasteiger partial charge on any atom is 0.326 e. The molecule has 0 spiro atoms. The van der Waals surface area contributed by atoms with Crippen LogP contribution in [0.15, 0.2) is 72.8 Å². The molecule has 0 unspecified atom stereocenters. The zero-order valence-corrected chi connectivity index (χ0v) is 21.2. The summed E-state index contributed by atoms with van der Waals surface area (Å²) < 4.78 is 23.4. The van der Waals surface area contributed by atoms with E-state index in [9.17, 15) is 14.7 Å². The van der Waals surface area contributed by atoms with Gasteiger partial charge in [0.05, 0.1) is 19.8 Å². The third-order valence-electron chi connectivity index (χ3n) is 6.99. The van der Waals surface area contributed by atoms with Crippen LogP contribution in [0.5, 0.6) is 11.5 Å². The maximum absolute atomic E-state index is 14.0. The standard InChI is InChI=1S/C30H31NO7/c1-35-26-13-12-22-17-31(29(32)27(21-10-6-3-7-11-21)38-23-14-15-36-19-23)25(30(33)34)16-24(22)28(26)37-18-20-8-4-2-5-9-20/h2-13,23,25,27H,14-19H2,1H3,(H,33,34)/t23-,25-,27-/m1/s1. The largest absolute Gasteiger partial charge is 0.493 e. The van der Waals surface area contributed by atoms with Crippen LogP contribution >= 0.6 is 0 Å². The number of benzene rings is 3. The van der Waals surface area contributed by atoms with Crippen molar-refractivity contribution >= 4 is 11.9 Å². The second-order valence-electron chi connectivity index (χ2n) is 9.45. The van der Waals surface area contributed by atoms with Gasteiger partial charge in [-0.2, -0.15) is 0 Å². The summed E-state index contributed by atoms with van der Waals surface area (Å²) in [7, 11) is 1.55. The van der Waals surface area contributed by atoms with E-state index in [1.165, 1.54) is 4.90 Å². The molecule has 38 heavy (non-hydrogen) atoms. The van der Waals surface area contributed by atoms with Crippen molar-refractivity contribution in [2.24, 2.45) is 0 Å². The molecule has 2 aliphatic rings. The first-order valence-corrected chi connectivity index (χ1v) is 12.7. The van der Waals surface area contributed by atoms with Crippen LogP contribution in [0, 0.1) is 0 Å². The van der Waals surface area contributed by atoms with Gasteiger partial charge in [-0.25, -0.2) is 4.79 Å². The topological polar surface area (TPSA) is 94.5 Å². The fourth-order valence-electron chi connectivity index (χ4n) is 4.99. The lowest BCUT2D eigenvalue weighted by Crippen LogP contribution is -2.51. The SMILES string of the molecule is COc1ccc2c(c1OCc1ccccc1)C[C@H](C(=O)O)N(C(=O)[C@H](O[C@@H]1CCOC1)c1ccccc1)C2. The van der Waals surface area contributed by atoms with Gasteiger partial charge in [0.1, 0.15) is 12.6 Å². The van der Waals surface area contributed by atoms with Crippen molar-refractivity contribution in [3.8, 4) is 11.5 Å². The van der Waals surface area contributed by atoms with Crippen LogP contribution in [0.25, 0.3) is 0 Å². The third kappa shape index (κ3) is 5.51. The minimum Gasteiger partial charge on any atom is -0.493 e. The molecule has 3 atom stereocenters. The molecule has 8 nitrogen and oxygen atoms in total. The fraction of sp³-hybridized carbons (Fsp3) is 0.333. The second-order valence-corrected chi connectivity index (χ2v) is 9.45. The Morgan fingerprint density at radius 1 is 1.05 bits per heavy atom. The van der Waals surface area contributed by atoms with Gasteiger partial charge in [0.25, 0.3) is 5.91 Å². The van der Waals surface area contributed by atoms with Gasteiger partial charge >= 0.3 is 5.97 Å². The Bertz CT molecular complexity index is 1260. The number of nitrogens with zero attached hydrogens (tertiary/aromatic N) is 1. The number of aliphatic carboxylic acids is 1. The number of carbonyl (C=O) groups excluding carboxylic acids is 1. The first-order chi connectivity index (χ1) is 18.5. The van der Waals surface area contributed by atoms with E-state index in [1.54, 1.807) is 13.2 Å². The highest BCUT2D eigenvalue weighted by atomic mass is 16.6. The fourth-order valence-corrected chi connectivity index (χ4v) is 4.99. The molecule has 0 radical (unpaired) electrons. The molecule has 1 fully saturated rings. The van der Waals surface area contributed by atoms with Gasteiger partial charge in [-0.15, -0.1) is 0 Å². The molecule has 3 aromatic carbocycles. The molecule has 3 aromatic rings. The van der Waals surface area contributed by atoms with Gasteiger partial charge in [0, 0.05) is 25.1 Å². The van der Waals surface area contributed by atoms with Crippen molar-refractivity contribution in [3.05, 3.63) is 95.1 Å². The predicted octanol–water partition coefficient (Wildman–Crippen LogP) is 4.16. The Hall–Kier alpha value is -3.88. The van der Waals surface area contributed by atoms with Gasteiger partial charge in [0.2, 0.25) is 0 Å². The number of carboxylic acid groups (broad SMARTS) is 1. The average molecular weight is 518 g/mol. The molecule has 1 saturated heterocycles. The van der Waals surface area contributed by atoms with Crippen molar-refractivity contribution in [2.75, 3.05) is 20.3 Å². The molecule has 5 rings (SSSR count). The zero-order valence-electron chi connectivity index (χ0n) is 21.2. The molecule has 1 amide bonds. The number of ether oxygens (including phenoxy) is 4. The van der Waals surface area contributed by atoms with Crippen LogP contribution in [0.4, 0.5) is 0 Å². The molecular weight excluding hydrogens is 486 g/mol. The van der Waals surface area contributed by atoms with Crippen molar-refractivity contribution in [1.82, 2.24) is 4.90 Å². The molecule has 0 bridgehead atoms. The monoisotopic (exact) mass is 517 g/mol. The summed E-state index contributed by atoms with van der Waals surface area (Å²) in [5.41, 5.74) is 3.21. The molecule has 2 aliphatic heterocycles. The van der Waals surface area contributed by atoms with E-state index in [0.717, 1.165) is 16.7 Å². The van der Waals surface area contributed by atoms with E-state index in [-0.39, 0.29) is 25.0 Å². The molecule has 0 aromatic heterocycles. The Balaban J connectivity index is 1.46. The van der Waals surface area contributed by atoms with Crippen LogP contribution in [-0.4, -0.2) is 54.4 Å². The maximum atomic E-state index is 14.0. The normalized spacial score (nSPS) is 19.4. The summed E-state index contributed by atoms with van der Waals surface area (Å²) in [5.74, 6) is -0.443. The van der Waals surface area contributed by atoms with E-state index >= 15 is 0 Å². The predicted molar refractivity (Wildman–Crippen MR) is 139 cm³/mol. The lowest BCUT2D eigenvalue weighted by molar-refractivity contribution is -0.160. The van der Waals surface area contributed by atoms with Crippen molar-refractivity contribution in [3.63, 3.8) is 0 Å². The van der Waals surface area contributed by atoms with Gasteiger partial charge in [-0.05, 0) is 29.2 Å². The van der Waals surface area contributed by atoms with Gasteiger partial charge in [0.15, 0.2) is 17.6 Å². The lowest BCUT2D eigenvalue weighted by atomic mass is 9.91. The number of carbonyl (C=O) groups is 2. The molecule has 2 heterocycles. The van der Waals surface area contributed by atoms with Crippen LogP contribution in [-0.2, 0) is 38.6 Å². The Morgan fingerprint density at radius 2 is 1.79 bits per heavy atom. The number of carboxylic acids is 1. The molecule has 0 aliphatic carbocycles. The van der Waals surface area contributed by atoms with E-state index in [0.29, 0.717) is 43.3 Å². The Morgan fingerprint density at radius 3 is 2.45 bits per heavy atom. The van der Waals surface area contributed by atoms with E-state index in [4.69, 9.17) is 18.9 Å². The summed E-state index contributed by atoms with van der Waals surface area (Å²) in [6.07, 6.45) is -0.389. The van der Waals surface area contributed by atoms with Crippen molar-refractivity contribution < 1.29 is 33.6 Å². The summed E-state index contributed by atoms with van der Waals surface area (Å²) in [4.78, 5) is 27.9. The van der Waals surface area contributed by atoms with Crippen molar-refractivity contribution in [2.45, 2.75) is 44.2 Å². The minimum atomic E-state index is -1.09. The first kappa shape index (κ1) is 25.8. The molecule has 198 valence electrons. The highest BCUT2D eigenvalue weighted by Gasteiger charge is 2.41. The van der Waals surface area contributed by atoms with Crippen molar-refractivity contribution in [1.29, 1.82) is 0 Å². The lowest BCUT2D eigenvalue weighted by Gasteiger charge is -2.37. The van der Waals surface area contributed by atoms with Crippen LogP contribution in [0.3, 0.4) is 0 Å². The summed E-state index contributed by atoms with van der Waals surface area (Å²) in [5, 5.41) is 10.2. The van der Waals surface area contributed by atoms with E-state index in [1.807, 2.05) is 66.7 Å². The number of hydrogen-bond acceptors (Lipinski definition) is 6. The number of fused-ring (bicyclic) bond motifs is 1. The Kier molecular flexibility index (Phi) is 7.91. The molecular formula is C30H31NO7. The van der Waals surface area contributed by atoms with Crippen LogP contribution < -0.4 is 9.47 Å². The van der Waals surface area contributed by atoms with Crippen LogP contribution in [0.1, 0.15) is 34.8 Å². The van der Waals surface area contributed by atoms with Gasteiger partial charge in [-0.1, -0.05) is 66.7 Å². The molecule has 8 heteroatoms. The first-order valence-electron chi connectivity index (χ1n) is 12.7. The van der Waals surface area contributed by atoms with Gasteiger partial charge in [-0.3, -0.25) is 4.79 Å². The Labute approximate surface area is 221 Å². The highest BCUT2D eigenvalue weighted by Crippen LogP contribution is 2.40. The van der Waals surface area contributed by atoms with E-state index in [2.05, 4.69) is 0 Å². The molecule has 0 saturated carbocycles. The summed E-state index contributed by atoms with van der Waals surface area (Å²) in [6.45, 7) is 1.40. The zero-order chi connectivity index (χ0) is 26.5. The highest BCUT2D eigenvalue weighted by molar-refractivity contribution is 5.88. The minimum absolute atomic E-state index is 0.0891. The second kappa shape index (κ2) is 11.7. The summed E-state index contributed by atoms with van der Waals surface area (Å²) in [6, 6.07) is 21.5.